The Morgan fingerprint density at radius 3 is 2.33 bits per heavy atom. The summed E-state index contributed by atoms with van der Waals surface area (Å²) in [6.45, 7) is 7.79. The Hall–Kier alpha value is -1.63. The summed E-state index contributed by atoms with van der Waals surface area (Å²) in [5, 5.41) is 12.7. The first-order valence-electron chi connectivity index (χ1n) is 7.21. The van der Waals surface area contributed by atoms with Gasteiger partial charge in [-0.2, -0.15) is 0 Å². The van der Waals surface area contributed by atoms with Crippen molar-refractivity contribution < 1.29 is 19.5 Å². The number of urea groups is 1. The van der Waals surface area contributed by atoms with Crippen molar-refractivity contribution in [2.75, 3.05) is 19.6 Å². The summed E-state index contributed by atoms with van der Waals surface area (Å²) in [6, 6.07) is -0.458. The molecule has 0 saturated carbocycles. The monoisotopic (exact) mass is 297 g/mol. The SMILES string of the molecule is CC(C)C1(O)CN(C(=O)CCN2C(=O)NC(C)(C)C2=O)C1. The molecule has 0 aromatic rings. The fourth-order valence-electron chi connectivity index (χ4n) is 2.54. The number of β-amino-alcohol motifs (C(OH)–C–C–N with tert-alkyl or cyclic N) is 1. The first kappa shape index (κ1) is 15.8. The maximum Gasteiger partial charge on any atom is 0.325 e. The lowest BCUT2D eigenvalue weighted by Crippen LogP contribution is -2.66. The highest BCUT2D eigenvalue weighted by molar-refractivity contribution is 6.06. The number of carbonyl (C=O) groups excluding carboxylic acids is 3. The van der Waals surface area contributed by atoms with E-state index in [1.165, 1.54) is 0 Å². The van der Waals surface area contributed by atoms with Gasteiger partial charge in [-0.15, -0.1) is 0 Å². The number of likely N-dealkylation sites (tertiary alicyclic amines) is 1. The molecule has 2 saturated heterocycles. The van der Waals surface area contributed by atoms with Gasteiger partial charge in [0.05, 0.1) is 13.1 Å². The van der Waals surface area contributed by atoms with Crippen LogP contribution in [0.1, 0.15) is 34.1 Å². The van der Waals surface area contributed by atoms with Crippen LogP contribution in [0, 0.1) is 5.92 Å². The summed E-state index contributed by atoms with van der Waals surface area (Å²) in [6.07, 6.45) is 0.0867. The Morgan fingerprint density at radius 2 is 1.90 bits per heavy atom. The van der Waals surface area contributed by atoms with E-state index < -0.39 is 17.2 Å². The largest absolute Gasteiger partial charge is 0.386 e. The minimum absolute atomic E-state index is 0.0730. The maximum atomic E-state index is 12.0. The molecule has 2 rings (SSSR count). The van der Waals surface area contributed by atoms with Gasteiger partial charge in [-0.25, -0.2) is 4.79 Å². The smallest absolute Gasteiger partial charge is 0.325 e. The number of rotatable bonds is 4. The van der Waals surface area contributed by atoms with Crippen LogP contribution in [0.2, 0.25) is 0 Å². The highest BCUT2D eigenvalue weighted by Gasteiger charge is 2.47. The van der Waals surface area contributed by atoms with Gasteiger partial charge in [0.25, 0.3) is 5.91 Å². The minimum atomic E-state index is -0.908. The van der Waals surface area contributed by atoms with Gasteiger partial charge in [0.15, 0.2) is 0 Å². The molecular formula is C14H23N3O4. The number of carbonyl (C=O) groups is 3. The molecule has 7 heteroatoms. The highest BCUT2D eigenvalue weighted by atomic mass is 16.3. The fraction of sp³-hybridized carbons (Fsp3) is 0.786. The molecular weight excluding hydrogens is 274 g/mol. The molecule has 4 amide bonds. The van der Waals surface area contributed by atoms with E-state index in [0.29, 0.717) is 13.1 Å². The zero-order chi connectivity index (χ0) is 16.0. The van der Waals surface area contributed by atoms with E-state index in [0.717, 1.165) is 4.90 Å². The van der Waals surface area contributed by atoms with Gasteiger partial charge >= 0.3 is 6.03 Å². The molecule has 7 nitrogen and oxygen atoms in total. The quantitative estimate of drug-likeness (QED) is 0.711. The average Bonchev–Trinajstić information content (AvgIpc) is 2.52. The molecule has 0 unspecified atom stereocenters. The second-order valence-corrected chi connectivity index (χ2v) is 6.77. The van der Waals surface area contributed by atoms with Gasteiger partial charge in [0.2, 0.25) is 5.91 Å². The zero-order valence-corrected chi connectivity index (χ0v) is 13.0. The summed E-state index contributed by atoms with van der Waals surface area (Å²) >= 11 is 0. The third kappa shape index (κ3) is 2.74. The molecule has 2 N–H and O–H groups in total. The number of imide groups is 1. The van der Waals surface area contributed by atoms with E-state index >= 15 is 0 Å². The second kappa shape index (κ2) is 4.98. The van der Waals surface area contributed by atoms with Gasteiger partial charge in [-0.05, 0) is 19.8 Å². The van der Waals surface area contributed by atoms with E-state index in [9.17, 15) is 19.5 Å². The summed E-state index contributed by atoms with van der Waals surface area (Å²) < 4.78 is 0. The van der Waals surface area contributed by atoms with Crippen LogP contribution >= 0.6 is 0 Å². The predicted octanol–water partition coefficient (Wildman–Crippen LogP) is -0.0638. The van der Waals surface area contributed by atoms with Crippen molar-refractivity contribution in [3.05, 3.63) is 0 Å². The van der Waals surface area contributed by atoms with E-state index in [-0.39, 0.29) is 30.7 Å². The van der Waals surface area contributed by atoms with Gasteiger partial charge in [-0.1, -0.05) is 13.8 Å². The highest BCUT2D eigenvalue weighted by Crippen LogP contribution is 2.29. The van der Waals surface area contributed by atoms with Crippen LogP contribution in [0.3, 0.4) is 0 Å². The molecule has 2 fully saturated rings. The lowest BCUT2D eigenvalue weighted by atomic mass is 9.83. The Balaban J connectivity index is 1.84. The Bertz CT molecular complexity index is 481. The molecule has 0 atom stereocenters. The lowest BCUT2D eigenvalue weighted by molar-refractivity contribution is -0.164. The number of hydrogen-bond acceptors (Lipinski definition) is 4. The summed E-state index contributed by atoms with van der Waals surface area (Å²) in [5.41, 5.74) is -1.72. The van der Waals surface area contributed by atoms with Gasteiger partial charge in [0, 0.05) is 13.0 Å². The first-order valence-corrected chi connectivity index (χ1v) is 7.21. The number of nitrogens with one attached hydrogen (secondary N) is 1. The Morgan fingerprint density at radius 1 is 1.33 bits per heavy atom. The maximum absolute atomic E-state index is 12.0. The minimum Gasteiger partial charge on any atom is -0.386 e. The topological polar surface area (TPSA) is 89.9 Å². The lowest BCUT2D eigenvalue weighted by Gasteiger charge is -2.49. The average molecular weight is 297 g/mol. The molecule has 118 valence electrons. The molecule has 2 aliphatic rings. The Kier molecular flexibility index (Phi) is 3.73. The van der Waals surface area contributed by atoms with E-state index in [4.69, 9.17) is 0 Å². The second-order valence-electron chi connectivity index (χ2n) is 6.77. The summed E-state index contributed by atoms with van der Waals surface area (Å²) in [7, 11) is 0. The van der Waals surface area contributed by atoms with E-state index in [2.05, 4.69) is 5.32 Å². The summed E-state index contributed by atoms with van der Waals surface area (Å²) in [4.78, 5) is 38.3. The fourth-order valence-corrected chi connectivity index (χ4v) is 2.54. The zero-order valence-electron chi connectivity index (χ0n) is 13.0. The van der Waals surface area contributed by atoms with Gasteiger partial charge < -0.3 is 15.3 Å². The van der Waals surface area contributed by atoms with E-state index in [1.807, 2.05) is 13.8 Å². The first-order chi connectivity index (χ1) is 9.57. The third-order valence-electron chi connectivity index (χ3n) is 4.35. The van der Waals surface area contributed by atoms with Crippen LogP contribution in [-0.4, -0.2) is 63.5 Å². The molecule has 21 heavy (non-hydrogen) atoms. The predicted molar refractivity (Wildman–Crippen MR) is 75.3 cm³/mol. The number of amides is 4. The number of aliphatic hydroxyl groups is 1. The molecule has 2 aliphatic heterocycles. The van der Waals surface area contributed by atoms with Gasteiger partial charge in [0.1, 0.15) is 11.1 Å². The van der Waals surface area contributed by atoms with E-state index in [1.54, 1.807) is 18.7 Å². The van der Waals surface area contributed by atoms with Crippen molar-refractivity contribution in [2.24, 2.45) is 5.92 Å². The molecule has 0 bridgehead atoms. The van der Waals surface area contributed by atoms with Crippen LogP contribution < -0.4 is 5.32 Å². The standard InChI is InChI=1S/C14H23N3O4/c1-9(2)14(21)7-16(8-14)10(18)5-6-17-11(19)13(3,4)15-12(17)20/h9,21H,5-8H2,1-4H3,(H,15,20). The van der Waals surface area contributed by atoms with Crippen molar-refractivity contribution in [3.8, 4) is 0 Å². The normalized spacial score (nSPS) is 23.3. The third-order valence-corrected chi connectivity index (χ3v) is 4.35. The molecule has 0 aliphatic carbocycles. The Labute approximate surface area is 124 Å². The number of nitrogens with zero attached hydrogens (tertiary/aromatic N) is 2. The van der Waals surface area contributed by atoms with Gasteiger partial charge in [-0.3, -0.25) is 14.5 Å². The molecule has 0 aromatic carbocycles. The van der Waals surface area contributed by atoms with Crippen LogP contribution in [0.15, 0.2) is 0 Å². The molecule has 2 heterocycles. The van der Waals surface area contributed by atoms with Crippen molar-refractivity contribution >= 4 is 17.8 Å². The molecule has 0 spiro atoms. The van der Waals surface area contributed by atoms with Crippen LogP contribution in [0.5, 0.6) is 0 Å². The summed E-state index contributed by atoms with van der Waals surface area (Å²) in [5.74, 6) is -0.374. The van der Waals surface area contributed by atoms with Crippen LogP contribution in [-0.2, 0) is 9.59 Å². The van der Waals surface area contributed by atoms with Crippen LogP contribution in [0.4, 0.5) is 4.79 Å². The van der Waals surface area contributed by atoms with Crippen molar-refractivity contribution in [2.45, 2.75) is 45.3 Å². The number of hydrogen-bond donors (Lipinski definition) is 2. The van der Waals surface area contributed by atoms with Crippen molar-refractivity contribution in [1.29, 1.82) is 0 Å². The molecule has 0 radical (unpaired) electrons. The van der Waals surface area contributed by atoms with Crippen molar-refractivity contribution in [1.82, 2.24) is 15.1 Å². The molecule has 0 aromatic heterocycles. The van der Waals surface area contributed by atoms with Crippen LogP contribution in [0.25, 0.3) is 0 Å². The van der Waals surface area contributed by atoms with Crippen molar-refractivity contribution in [3.63, 3.8) is 0 Å².